The van der Waals surface area contributed by atoms with E-state index in [-0.39, 0.29) is 6.10 Å². The molecule has 0 unspecified atom stereocenters. The van der Waals surface area contributed by atoms with Gasteiger partial charge in [-0.2, -0.15) is 0 Å². The Balaban J connectivity index is 2.20. The predicted octanol–water partition coefficient (Wildman–Crippen LogP) is 3.95. The fourth-order valence-corrected chi connectivity index (χ4v) is 2.34. The first-order valence-electron chi connectivity index (χ1n) is 5.97. The molecule has 0 saturated carbocycles. The van der Waals surface area contributed by atoms with Crippen LogP contribution < -0.4 is 11.1 Å². The van der Waals surface area contributed by atoms with Gasteiger partial charge < -0.3 is 10.5 Å². The number of benzene rings is 1. The summed E-state index contributed by atoms with van der Waals surface area (Å²) in [6, 6.07) is 9.56. The lowest BCUT2D eigenvalue weighted by atomic mass is 10.1. The second-order valence-electron chi connectivity index (χ2n) is 4.36. The van der Waals surface area contributed by atoms with Gasteiger partial charge in [-0.3, -0.25) is 5.32 Å². The number of hydrogen-bond acceptors (Lipinski definition) is 4. The van der Waals surface area contributed by atoms with Crippen LogP contribution in [-0.2, 0) is 4.74 Å². The second-order valence-corrected chi connectivity index (χ2v) is 5.31. The van der Waals surface area contributed by atoms with E-state index in [4.69, 9.17) is 10.5 Å². The first kappa shape index (κ1) is 13.4. The number of amides is 1. The third kappa shape index (κ3) is 3.48. The van der Waals surface area contributed by atoms with Crippen LogP contribution in [0.5, 0.6) is 0 Å². The third-order valence-electron chi connectivity index (χ3n) is 2.44. The predicted molar refractivity (Wildman–Crippen MR) is 79.4 cm³/mol. The van der Waals surface area contributed by atoms with Crippen molar-refractivity contribution in [3.63, 3.8) is 0 Å². The van der Waals surface area contributed by atoms with E-state index in [9.17, 15) is 4.79 Å². The number of hydrogen-bond donors (Lipinski definition) is 2. The van der Waals surface area contributed by atoms with E-state index in [1.807, 2.05) is 29.6 Å². The number of anilines is 2. The van der Waals surface area contributed by atoms with Crippen molar-refractivity contribution in [2.75, 3.05) is 11.1 Å². The van der Waals surface area contributed by atoms with Crippen LogP contribution in [-0.4, -0.2) is 12.2 Å². The number of nitrogens with one attached hydrogen (secondary N) is 1. The first-order chi connectivity index (χ1) is 9.06. The van der Waals surface area contributed by atoms with Crippen LogP contribution in [0.4, 0.5) is 16.2 Å². The summed E-state index contributed by atoms with van der Waals surface area (Å²) in [7, 11) is 0. The highest BCUT2D eigenvalue weighted by molar-refractivity contribution is 7.13. The molecule has 0 aliphatic rings. The molecule has 0 radical (unpaired) electrons. The Hall–Kier alpha value is -2.01. The first-order valence-corrected chi connectivity index (χ1v) is 6.85. The number of nitrogen functional groups attached to an aromatic ring is 1. The normalized spacial score (nSPS) is 10.5. The third-order valence-corrected chi connectivity index (χ3v) is 3.36. The van der Waals surface area contributed by atoms with Crippen LogP contribution in [0.3, 0.4) is 0 Å². The quantitative estimate of drug-likeness (QED) is 0.834. The topological polar surface area (TPSA) is 64.3 Å². The molecule has 0 aliphatic heterocycles. The van der Waals surface area contributed by atoms with Gasteiger partial charge in [0.15, 0.2) is 0 Å². The smallest absolute Gasteiger partial charge is 0.411 e. The molecule has 0 spiro atoms. The molecule has 0 fully saturated rings. The van der Waals surface area contributed by atoms with E-state index in [0.29, 0.717) is 11.4 Å². The van der Waals surface area contributed by atoms with Crippen molar-refractivity contribution in [1.29, 1.82) is 0 Å². The largest absolute Gasteiger partial charge is 0.447 e. The Morgan fingerprint density at radius 2 is 2.16 bits per heavy atom. The van der Waals surface area contributed by atoms with E-state index >= 15 is 0 Å². The number of nitrogens with two attached hydrogens (primary N) is 1. The van der Waals surface area contributed by atoms with Crippen LogP contribution in [0, 0.1) is 0 Å². The van der Waals surface area contributed by atoms with Gasteiger partial charge in [-0.25, -0.2) is 4.79 Å². The van der Waals surface area contributed by atoms with Gasteiger partial charge in [0, 0.05) is 4.88 Å². The summed E-state index contributed by atoms with van der Waals surface area (Å²) in [6.07, 6.45) is -0.660. The summed E-state index contributed by atoms with van der Waals surface area (Å²) in [5.74, 6) is 0. The minimum Gasteiger partial charge on any atom is -0.447 e. The molecular formula is C14H16N2O2S. The van der Waals surface area contributed by atoms with Crippen molar-refractivity contribution in [3.8, 4) is 10.4 Å². The summed E-state index contributed by atoms with van der Waals surface area (Å²) in [6.45, 7) is 3.59. The molecular weight excluding hydrogens is 260 g/mol. The SMILES string of the molecule is CC(C)OC(=O)Nc1cc(-c2cccs2)ccc1N. The Labute approximate surface area is 116 Å². The zero-order valence-corrected chi connectivity index (χ0v) is 11.7. The van der Waals surface area contributed by atoms with E-state index in [1.54, 1.807) is 31.3 Å². The number of thiophene rings is 1. The van der Waals surface area contributed by atoms with Crippen LogP contribution in [0.2, 0.25) is 0 Å². The highest BCUT2D eigenvalue weighted by Gasteiger charge is 2.09. The molecule has 100 valence electrons. The summed E-state index contributed by atoms with van der Waals surface area (Å²) >= 11 is 1.64. The van der Waals surface area contributed by atoms with Crippen LogP contribution in [0.1, 0.15) is 13.8 Å². The molecule has 3 N–H and O–H groups in total. The van der Waals surface area contributed by atoms with Gasteiger partial charge in [-0.05, 0) is 43.0 Å². The molecule has 1 aromatic carbocycles. The molecule has 0 saturated heterocycles. The average Bonchev–Trinajstić information content (AvgIpc) is 2.84. The Kier molecular flexibility index (Phi) is 4.06. The molecule has 4 nitrogen and oxygen atoms in total. The van der Waals surface area contributed by atoms with Gasteiger partial charge in [0.2, 0.25) is 0 Å². The maximum atomic E-state index is 11.6. The van der Waals surface area contributed by atoms with Crippen molar-refractivity contribution >= 4 is 28.8 Å². The maximum Gasteiger partial charge on any atom is 0.411 e. The van der Waals surface area contributed by atoms with E-state index in [0.717, 1.165) is 10.4 Å². The zero-order valence-electron chi connectivity index (χ0n) is 10.8. The minimum absolute atomic E-state index is 0.165. The summed E-state index contributed by atoms with van der Waals surface area (Å²) in [5.41, 5.74) is 7.95. The number of carbonyl (C=O) groups excluding carboxylic acids is 1. The molecule has 2 rings (SSSR count). The summed E-state index contributed by atoms with van der Waals surface area (Å²) < 4.78 is 5.04. The molecule has 0 atom stereocenters. The summed E-state index contributed by atoms with van der Waals surface area (Å²) in [4.78, 5) is 12.7. The van der Waals surface area contributed by atoms with Crippen LogP contribution in [0.25, 0.3) is 10.4 Å². The zero-order chi connectivity index (χ0) is 13.8. The van der Waals surface area contributed by atoms with Crippen molar-refractivity contribution in [2.24, 2.45) is 0 Å². The van der Waals surface area contributed by atoms with Gasteiger partial charge >= 0.3 is 6.09 Å². The minimum atomic E-state index is -0.495. The average molecular weight is 276 g/mol. The Morgan fingerprint density at radius 3 is 2.79 bits per heavy atom. The summed E-state index contributed by atoms with van der Waals surface area (Å²) in [5, 5.41) is 4.67. The van der Waals surface area contributed by atoms with Gasteiger partial charge in [-0.15, -0.1) is 11.3 Å². The molecule has 0 aliphatic carbocycles. The molecule has 5 heteroatoms. The Bertz CT molecular complexity index is 565. The number of ether oxygens (including phenoxy) is 1. The molecule has 2 aromatic rings. The molecule has 1 heterocycles. The fraction of sp³-hybridized carbons (Fsp3) is 0.214. The van der Waals surface area contributed by atoms with E-state index in [2.05, 4.69) is 5.32 Å². The molecule has 1 amide bonds. The van der Waals surface area contributed by atoms with Crippen molar-refractivity contribution in [3.05, 3.63) is 35.7 Å². The number of rotatable bonds is 3. The van der Waals surface area contributed by atoms with Gasteiger partial charge in [0.05, 0.1) is 17.5 Å². The van der Waals surface area contributed by atoms with Gasteiger partial charge in [0.25, 0.3) is 0 Å². The van der Waals surface area contributed by atoms with Gasteiger partial charge in [-0.1, -0.05) is 12.1 Å². The van der Waals surface area contributed by atoms with Crippen molar-refractivity contribution < 1.29 is 9.53 Å². The molecule has 19 heavy (non-hydrogen) atoms. The van der Waals surface area contributed by atoms with Crippen LogP contribution in [0.15, 0.2) is 35.7 Å². The van der Waals surface area contributed by atoms with Crippen molar-refractivity contribution in [2.45, 2.75) is 20.0 Å². The number of carbonyl (C=O) groups is 1. The lowest BCUT2D eigenvalue weighted by Crippen LogP contribution is -2.18. The van der Waals surface area contributed by atoms with E-state index in [1.165, 1.54) is 0 Å². The molecule has 1 aromatic heterocycles. The lowest BCUT2D eigenvalue weighted by molar-refractivity contribution is 0.130. The van der Waals surface area contributed by atoms with E-state index < -0.39 is 6.09 Å². The highest BCUT2D eigenvalue weighted by atomic mass is 32.1. The fourth-order valence-electron chi connectivity index (χ4n) is 1.61. The Morgan fingerprint density at radius 1 is 1.37 bits per heavy atom. The van der Waals surface area contributed by atoms with Crippen molar-refractivity contribution in [1.82, 2.24) is 0 Å². The van der Waals surface area contributed by atoms with Gasteiger partial charge in [0.1, 0.15) is 0 Å². The monoisotopic (exact) mass is 276 g/mol. The second kappa shape index (κ2) is 5.75. The lowest BCUT2D eigenvalue weighted by Gasteiger charge is -2.12. The maximum absolute atomic E-state index is 11.6. The standard InChI is InChI=1S/C14H16N2O2S/c1-9(2)18-14(17)16-12-8-10(5-6-11(12)15)13-4-3-7-19-13/h3-9H,15H2,1-2H3,(H,16,17). The van der Waals surface area contributed by atoms with Crippen LogP contribution >= 0.6 is 11.3 Å². The molecule has 0 bridgehead atoms. The highest BCUT2D eigenvalue weighted by Crippen LogP contribution is 2.30.